The molecule has 2 aromatic carbocycles. The van der Waals surface area contributed by atoms with Gasteiger partial charge in [0.25, 0.3) is 0 Å². The molecule has 3 rings (SSSR count). The fraction of sp³-hybridized carbons (Fsp3) is 0.578. The predicted molar refractivity (Wildman–Crippen MR) is 359 cm³/mol. The molecule has 12 unspecified atom stereocenters. The number of aliphatic hydroxyl groups excluding tert-OH is 3. The molecule has 0 radical (unpaired) electrons. The summed E-state index contributed by atoms with van der Waals surface area (Å²) in [6.07, 6.45) is -2.08. The van der Waals surface area contributed by atoms with Gasteiger partial charge in [-0.1, -0.05) is 84.0 Å². The first-order valence-electron chi connectivity index (χ1n) is 32.7. The number of aliphatic hydroxyl groups is 3. The Kier molecular flexibility index (Phi) is 35.4. The zero-order valence-corrected chi connectivity index (χ0v) is 56.9. The van der Waals surface area contributed by atoms with E-state index in [2.05, 4.69) is 58.2 Å². The number of phenolic OH excluding ortho intramolecular Hbond substituents is 1. The van der Waals surface area contributed by atoms with Crippen LogP contribution in [-0.2, 0) is 80.0 Å². The van der Waals surface area contributed by atoms with Crippen molar-refractivity contribution in [1.29, 1.82) is 0 Å². The number of carboxylic acid groups (broad SMARTS) is 1. The van der Waals surface area contributed by atoms with Crippen LogP contribution >= 0.6 is 0 Å². The molecule has 0 aliphatic carbocycles. The minimum Gasteiger partial charge on any atom is -0.508 e. The zero-order valence-electron chi connectivity index (χ0n) is 56.9. The monoisotopic (exact) mass is 1410 g/mol. The highest BCUT2D eigenvalue weighted by Crippen LogP contribution is 2.21. The van der Waals surface area contributed by atoms with E-state index in [1.165, 1.54) is 24.3 Å². The van der Waals surface area contributed by atoms with Crippen LogP contribution in [0.3, 0.4) is 0 Å². The molecule has 0 bridgehead atoms. The van der Waals surface area contributed by atoms with Gasteiger partial charge in [0.05, 0.1) is 32.3 Å². The average Bonchev–Trinajstić information content (AvgIpc) is 1.58. The van der Waals surface area contributed by atoms with Crippen molar-refractivity contribution in [3.8, 4) is 5.75 Å². The second-order valence-corrected chi connectivity index (χ2v) is 25.4. The molecule has 1 heterocycles. The van der Waals surface area contributed by atoms with Gasteiger partial charge >= 0.3 is 5.97 Å². The quantitative estimate of drug-likeness (QED) is 0.0167. The van der Waals surface area contributed by atoms with Gasteiger partial charge in [-0.3, -0.25) is 67.3 Å². The standard InChI is InChI=1S/C64H99N17O19/c1-32(2)24-40(53(89)75-42(26-35-12-8-7-9-13-35)55(91)72-39(63(99)100)14-10-22-70-64(68)69)73-56(92)43(27-36-16-18-37(85)19-17-36)76-60(96)48-15-11-23-81(48)62(98)47(31-84)80-54(90)41(25-33(3)4)74-59(95)46(30-83)78-52(88)38(20-21-49(65)86)71-58(94)45(29-82)79-57(93)44(28-50(66)87)77-61(97)51(67)34(5)6/h7-9,12-13,16-19,32-34,38-48,51,82-85H,10-11,14-15,20-31,67H2,1-6H3,(H2,65,86)(H2,66,87)(H,71,94)(H,72,91)(H,73,92)(H,74,95)(H,75,89)(H,76,96)(H,77,97)(H,78,88)(H,79,93)(H,80,90)(H,99,100)(H4,68,69,70). The van der Waals surface area contributed by atoms with Gasteiger partial charge in [0.2, 0.25) is 76.8 Å². The lowest BCUT2D eigenvalue weighted by Gasteiger charge is -2.31. The van der Waals surface area contributed by atoms with Crippen LogP contribution in [0.15, 0.2) is 59.6 Å². The van der Waals surface area contributed by atoms with Crippen molar-refractivity contribution < 1.29 is 92.7 Å². The van der Waals surface area contributed by atoms with Crippen LogP contribution in [0.5, 0.6) is 5.75 Å². The van der Waals surface area contributed by atoms with E-state index in [0.29, 0.717) is 11.1 Å². The normalized spacial score (nSPS) is 16.0. The lowest BCUT2D eigenvalue weighted by Crippen LogP contribution is -2.62. The minimum absolute atomic E-state index is 0.0102. The average molecular weight is 1410 g/mol. The summed E-state index contributed by atoms with van der Waals surface area (Å²) in [7, 11) is 0. The van der Waals surface area contributed by atoms with Gasteiger partial charge in [0.15, 0.2) is 5.96 Å². The number of likely N-dealkylation sites (tertiary alicyclic amines) is 1. The third-order valence-electron chi connectivity index (χ3n) is 15.8. The highest BCUT2D eigenvalue weighted by molar-refractivity contribution is 6.00. The molecule has 1 aliphatic heterocycles. The molecule has 1 aliphatic rings. The highest BCUT2D eigenvalue weighted by atomic mass is 16.4. The van der Waals surface area contributed by atoms with Crippen LogP contribution in [0, 0.1) is 17.8 Å². The molecule has 0 aromatic heterocycles. The number of guanidine groups is 1. The van der Waals surface area contributed by atoms with Crippen molar-refractivity contribution >= 4 is 88.7 Å². The van der Waals surface area contributed by atoms with Crippen molar-refractivity contribution in [3.63, 3.8) is 0 Å². The van der Waals surface area contributed by atoms with Gasteiger partial charge in [-0.15, -0.1) is 0 Å². The number of aliphatic imine (C=N–C) groups is 1. The largest absolute Gasteiger partial charge is 0.508 e. The molecular weight excluding hydrogens is 1310 g/mol. The Balaban J connectivity index is 1.86. The maximum Gasteiger partial charge on any atom is 0.326 e. The number of rotatable bonds is 43. The number of aromatic hydroxyl groups is 1. The molecule has 25 N–H and O–H groups in total. The number of carbonyl (C=O) groups excluding carboxylic acids is 13. The summed E-state index contributed by atoms with van der Waals surface area (Å²) in [5.74, 6) is -16.0. The van der Waals surface area contributed by atoms with Crippen LogP contribution in [0.4, 0.5) is 0 Å². The van der Waals surface area contributed by atoms with E-state index in [0.717, 1.165) is 4.90 Å². The van der Waals surface area contributed by atoms with Crippen molar-refractivity contribution in [1.82, 2.24) is 58.1 Å². The van der Waals surface area contributed by atoms with Gasteiger partial charge in [-0.05, 0) is 86.0 Å². The second-order valence-electron chi connectivity index (χ2n) is 25.4. The first-order valence-corrected chi connectivity index (χ1v) is 32.7. The molecule has 2 aromatic rings. The van der Waals surface area contributed by atoms with E-state index in [9.17, 15) is 92.7 Å². The zero-order chi connectivity index (χ0) is 75.1. The minimum atomic E-state index is -1.90. The summed E-state index contributed by atoms with van der Waals surface area (Å²) in [6.45, 7) is 6.70. The fourth-order valence-electron chi connectivity index (χ4n) is 10.4. The number of benzene rings is 2. The van der Waals surface area contributed by atoms with Crippen molar-refractivity contribution in [3.05, 3.63) is 65.7 Å². The van der Waals surface area contributed by atoms with Crippen molar-refractivity contribution in [2.75, 3.05) is 32.9 Å². The molecular formula is C64H99N17O19. The molecule has 0 spiro atoms. The highest BCUT2D eigenvalue weighted by Gasteiger charge is 2.41. The smallest absolute Gasteiger partial charge is 0.326 e. The summed E-state index contributed by atoms with van der Waals surface area (Å²) in [4.78, 5) is 194. The molecule has 36 nitrogen and oxygen atoms in total. The van der Waals surface area contributed by atoms with E-state index < -0.39 is 200 Å². The van der Waals surface area contributed by atoms with Gasteiger partial charge in [0.1, 0.15) is 72.2 Å². The van der Waals surface area contributed by atoms with E-state index in [1.807, 2.05) is 0 Å². The third kappa shape index (κ3) is 28.8. The molecule has 1 fully saturated rings. The topological polar surface area (TPSA) is 606 Å². The Morgan fingerprint density at radius 2 is 0.920 bits per heavy atom. The first-order chi connectivity index (χ1) is 47.1. The summed E-state index contributed by atoms with van der Waals surface area (Å²) in [5.41, 5.74) is 28.3. The van der Waals surface area contributed by atoms with E-state index in [1.54, 1.807) is 71.9 Å². The van der Waals surface area contributed by atoms with Gasteiger partial charge in [0, 0.05) is 32.4 Å². The molecule has 1 saturated heterocycles. The number of nitrogens with one attached hydrogen (secondary N) is 10. The number of primary amides is 2. The lowest BCUT2D eigenvalue weighted by molar-refractivity contribution is -0.143. The van der Waals surface area contributed by atoms with Crippen LogP contribution in [0.25, 0.3) is 0 Å². The summed E-state index contributed by atoms with van der Waals surface area (Å²) >= 11 is 0. The number of hydrogen-bond acceptors (Lipinski definition) is 20. The molecule has 100 heavy (non-hydrogen) atoms. The number of nitrogens with zero attached hydrogens (tertiary/aromatic N) is 2. The molecule has 36 heteroatoms. The number of phenols is 1. The maximum atomic E-state index is 14.6. The van der Waals surface area contributed by atoms with Gasteiger partial charge in [-0.25, -0.2) is 4.79 Å². The van der Waals surface area contributed by atoms with Gasteiger partial charge in [-0.2, -0.15) is 0 Å². The number of carboxylic acids is 1. The number of carbonyl (C=O) groups is 14. The number of hydrogen-bond donors (Lipinski definition) is 20. The van der Waals surface area contributed by atoms with E-state index in [-0.39, 0.29) is 88.0 Å². The summed E-state index contributed by atoms with van der Waals surface area (Å²) in [6, 6.07) is -4.57. The molecule has 13 amide bonds. The van der Waals surface area contributed by atoms with Crippen LogP contribution in [0.2, 0.25) is 0 Å². The first kappa shape index (κ1) is 84.2. The maximum absolute atomic E-state index is 14.6. The Bertz CT molecular complexity index is 3170. The molecule has 554 valence electrons. The third-order valence-corrected chi connectivity index (χ3v) is 15.8. The second kappa shape index (κ2) is 42.0. The number of aliphatic carboxylic acids is 1. The van der Waals surface area contributed by atoms with Crippen LogP contribution < -0.4 is 81.8 Å². The summed E-state index contributed by atoms with van der Waals surface area (Å²) < 4.78 is 0. The number of nitrogens with two attached hydrogens (primary N) is 5. The Morgan fingerprint density at radius 1 is 0.500 bits per heavy atom. The molecule has 0 saturated carbocycles. The Labute approximate surface area is 578 Å². The van der Waals surface area contributed by atoms with Crippen molar-refractivity contribution in [2.24, 2.45) is 51.4 Å². The molecule has 12 atom stereocenters. The van der Waals surface area contributed by atoms with E-state index >= 15 is 0 Å². The summed E-state index contributed by atoms with van der Waals surface area (Å²) in [5, 5.41) is 75.4. The van der Waals surface area contributed by atoms with Crippen LogP contribution in [0.1, 0.15) is 110 Å². The van der Waals surface area contributed by atoms with Crippen LogP contribution in [-0.4, -0.2) is 225 Å². The van der Waals surface area contributed by atoms with Gasteiger partial charge < -0.3 is 112 Å². The fourth-order valence-corrected chi connectivity index (χ4v) is 10.4. The Morgan fingerprint density at radius 3 is 1.39 bits per heavy atom. The Hall–Kier alpha value is -10.1. The van der Waals surface area contributed by atoms with E-state index in [4.69, 9.17) is 28.7 Å². The predicted octanol–water partition coefficient (Wildman–Crippen LogP) is -6.65. The lowest BCUT2D eigenvalue weighted by atomic mass is 9.99. The SMILES string of the molecule is CC(C)CC(NC(=O)C(Cc1ccc(O)cc1)NC(=O)C1CCCN1C(=O)C(CO)NC(=O)C(CC(C)C)NC(=O)C(CO)NC(=O)C(CCC(N)=O)NC(=O)C(CO)NC(=O)C(CC(N)=O)NC(=O)C(N)C(C)C)C(=O)NC(Cc1ccccc1)C(=O)NC(CCCN=C(N)N)C(=O)O. The number of amides is 13. The van der Waals surface area contributed by atoms with Crippen molar-refractivity contribution in [2.45, 2.75) is 185 Å².